The van der Waals surface area contributed by atoms with Crippen molar-refractivity contribution in [1.82, 2.24) is 5.32 Å². The highest BCUT2D eigenvalue weighted by atomic mass is 32.2. The van der Waals surface area contributed by atoms with E-state index in [2.05, 4.69) is 11.4 Å². The largest absolute Gasteiger partial charge is 0.492 e. The fourth-order valence-electron chi connectivity index (χ4n) is 1.64. The van der Waals surface area contributed by atoms with Gasteiger partial charge in [-0.1, -0.05) is 6.07 Å². The number of rotatable bonds is 7. The molecule has 1 aromatic rings. The van der Waals surface area contributed by atoms with Gasteiger partial charge in [0, 0.05) is 19.3 Å². The van der Waals surface area contributed by atoms with Crippen LogP contribution < -0.4 is 10.1 Å². The Morgan fingerprint density at radius 3 is 2.28 bits per heavy atom. The molecule has 0 fully saturated rings. The molecule has 4 nitrogen and oxygen atoms in total. The van der Waals surface area contributed by atoms with Crippen LogP contribution in [-0.2, 0) is 9.84 Å². The van der Waals surface area contributed by atoms with Crippen LogP contribution >= 0.6 is 0 Å². The molecule has 0 bridgehead atoms. The molecule has 0 amide bonds. The monoisotopic (exact) mass is 271 g/mol. The van der Waals surface area contributed by atoms with E-state index in [1.165, 1.54) is 17.4 Å². The van der Waals surface area contributed by atoms with Crippen molar-refractivity contribution in [3.8, 4) is 5.75 Å². The summed E-state index contributed by atoms with van der Waals surface area (Å²) in [7, 11) is -2.88. The lowest BCUT2D eigenvalue weighted by molar-refractivity contribution is 0.315. The third kappa shape index (κ3) is 6.61. The predicted molar refractivity (Wildman–Crippen MR) is 74.0 cm³/mol. The summed E-state index contributed by atoms with van der Waals surface area (Å²) in [6.07, 6.45) is 1.24. The van der Waals surface area contributed by atoms with Crippen molar-refractivity contribution in [3.05, 3.63) is 29.3 Å². The van der Waals surface area contributed by atoms with E-state index in [0.717, 1.165) is 5.75 Å². The molecule has 0 unspecified atom stereocenters. The van der Waals surface area contributed by atoms with E-state index in [1.54, 1.807) is 0 Å². The van der Waals surface area contributed by atoms with Crippen molar-refractivity contribution in [3.63, 3.8) is 0 Å². The van der Waals surface area contributed by atoms with Crippen LogP contribution in [-0.4, -0.2) is 40.1 Å². The van der Waals surface area contributed by atoms with Gasteiger partial charge in [-0.25, -0.2) is 8.42 Å². The first kappa shape index (κ1) is 15.0. The molecule has 0 saturated heterocycles. The zero-order valence-electron chi connectivity index (χ0n) is 11.2. The second-order valence-corrected chi connectivity index (χ2v) is 6.81. The first-order valence-electron chi connectivity index (χ1n) is 5.96. The molecule has 0 aliphatic heterocycles. The maximum absolute atomic E-state index is 10.9. The van der Waals surface area contributed by atoms with Crippen LogP contribution in [0.15, 0.2) is 18.2 Å². The van der Waals surface area contributed by atoms with E-state index in [-0.39, 0.29) is 5.75 Å². The number of benzene rings is 1. The minimum atomic E-state index is -2.88. The predicted octanol–water partition coefficient (Wildman–Crippen LogP) is 1.32. The summed E-state index contributed by atoms with van der Waals surface area (Å²) in [6, 6.07) is 6.07. The van der Waals surface area contributed by atoms with E-state index in [4.69, 9.17) is 4.74 Å². The Kier molecular flexibility index (Phi) is 5.62. The Bertz CT molecular complexity index is 463. The van der Waals surface area contributed by atoms with Crippen molar-refractivity contribution in [2.45, 2.75) is 13.8 Å². The number of hydrogen-bond acceptors (Lipinski definition) is 4. The molecule has 102 valence electrons. The van der Waals surface area contributed by atoms with Crippen molar-refractivity contribution >= 4 is 9.84 Å². The average molecular weight is 271 g/mol. The maximum Gasteiger partial charge on any atom is 0.148 e. The maximum atomic E-state index is 10.9. The van der Waals surface area contributed by atoms with Crippen LogP contribution in [0.4, 0.5) is 0 Å². The fourth-order valence-corrected chi connectivity index (χ4v) is 2.15. The SMILES string of the molecule is Cc1cc(C)cc(OCCNCCS(C)(=O)=O)c1. The third-order valence-corrected chi connectivity index (χ3v) is 3.34. The van der Waals surface area contributed by atoms with E-state index >= 15 is 0 Å². The molecule has 0 radical (unpaired) electrons. The summed E-state index contributed by atoms with van der Waals surface area (Å²) in [5.41, 5.74) is 2.35. The minimum absolute atomic E-state index is 0.163. The lowest BCUT2D eigenvalue weighted by atomic mass is 10.1. The fraction of sp³-hybridized carbons (Fsp3) is 0.538. The Balaban J connectivity index is 2.22. The lowest BCUT2D eigenvalue weighted by Gasteiger charge is -2.09. The molecular weight excluding hydrogens is 250 g/mol. The summed E-state index contributed by atoms with van der Waals surface area (Å²) in [5, 5.41) is 3.04. The first-order chi connectivity index (χ1) is 8.37. The van der Waals surface area contributed by atoms with Gasteiger partial charge in [0.15, 0.2) is 0 Å². The van der Waals surface area contributed by atoms with E-state index in [0.29, 0.717) is 19.7 Å². The highest BCUT2D eigenvalue weighted by molar-refractivity contribution is 7.90. The minimum Gasteiger partial charge on any atom is -0.492 e. The third-order valence-electron chi connectivity index (χ3n) is 2.39. The molecule has 5 heteroatoms. The molecule has 0 spiro atoms. The normalized spacial score (nSPS) is 11.5. The van der Waals surface area contributed by atoms with Gasteiger partial charge < -0.3 is 10.1 Å². The van der Waals surface area contributed by atoms with Gasteiger partial charge in [0.2, 0.25) is 0 Å². The van der Waals surface area contributed by atoms with Gasteiger partial charge in [-0.3, -0.25) is 0 Å². The molecule has 0 aromatic heterocycles. The molecule has 0 aliphatic carbocycles. The van der Waals surface area contributed by atoms with Gasteiger partial charge in [-0.05, 0) is 37.1 Å². The quantitative estimate of drug-likeness (QED) is 0.760. The van der Waals surface area contributed by atoms with Crippen molar-refractivity contribution < 1.29 is 13.2 Å². The van der Waals surface area contributed by atoms with Gasteiger partial charge in [0.25, 0.3) is 0 Å². The number of sulfone groups is 1. The number of ether oxygens (including phenoxy) is 1. The molecule has 1 rings (SSSR count). The smallest absolute Gasteiger partial charge is 0.148 e. The standard InChI is InChI=1S/C13H21NO3S/c1-11-8-12(2)10-13(9-11)17-6-4-14-5-7-18(3,15)16/h8-10,14H,4-7H2,1-3H3. The van der Waals surface area contributed by atoms with Gasteiger partial charge in [-0.15, -0.1) is 0 Å². The number of aryl methyl sites for hydroxylation is 2. The number of nitrogens with one attached hydrogen (secondary N) is 1. The summed E-state index contributed by atoms with van der Waals surface area (Å²) >= 11 is 0. The van der Waals surface area contributed by atoms with E-state index in [9.17, 15) is 8.42 Å². The van der Waals surface area contributed by atoms with Crippen LogP contribution in [0.3, 0.4) is 0 Å². The van der Waals surface area contributed by atoms with Gasteiger partial charge in [0.1, 0.15) is 22.2 Å². The van der Waals surface area contributed by atoms with Gasteiger partial charge in [-0.2, -0.15) is 0 Å². The molecule has 0 aliphatic rings. The highest BCUT2D eigenvalue weighted by Crippen LogP contribution is 2.15. The Hall–Kier alpha value is -1.07. The summed E-state index contributed by atoms with van der Waals surface area (Å²) < 4.78 is 27.4. The molecule has 18 heavy (non-hydrogen) atoms. The van der Waals surface area contributed by atoms with Crippen LogP contribution in [0, 0.1) is 13.8 Å². The van der Waals surface area contributed by atoms with Crippen molar-refractivity contribution in [2.24, 2.45) is 0 Å². The molecule has 0 heterocycles. The zero-order valence-corrected chi connectivity index (χ0v) is 12.0. The van der Waals surface area contributed by atoms with Crippen LogP contribution in [0.2, 0.25) is 0 Å². The van der Waals surface area contributed by atoms with Crippen molar-refractivity contribution in [2.75, 3.05) is 31.7 Å². The average Bonchev–Trinajstić information content (AvgIpc) is 2.20. The summed E-state index contributed by atoms with van der Waals surface area (Å²) in [4.78, 5) is 0. The van der Waals surface area contributed by atoms with E-state index in [1.807, 2.05) is 26.0 Å². The highest BCUT2D eigenvalue weighted by Gasteiger charge is 2.00. The Labute approximate surface area is 109 Å². The first-order valence-corrected chi connectivity index (χ1v) is 8.02. The Morgan fingerprint density at radius 1 is 1.11 bits per heavy atom. The number of hydrogen-bond donors (Lipinski definition) is 1. The summed E-state index contributed by atoms with van der Waals surface area (Å²) in [5.74, 6) is 1.02. The molecule has 1 N–H and O–H groups in total. The molecular formula is C13H21NO3S. The molecule has 1 aromatic carbocycles. The molecule has 0 saturated carbocycles. The van der Waals surface area contributed by atoms with Crippen LogP contribution in [0.1, 0.15) is 11.1 Å². The second kappa shape index (κ2) is 6.75. The molecule has 0 atom stereocenters. The zero-order chi connectivity index (χ0) is 13.6. The summed E-state index contributed by atoms with van der Waals surface area (Å²) in [6.45, 7) is 5.71. The van der Waals surface area contributed by atoms with Crippen LogP contribution in [0.25, 0.3) is 0 Å². The van der Waals surface area contributed by atoms with Gasteiger partial charge >= 0.3 is 0 Å². The Morgan fingerprint density at radius 2 is 1.72 bits per heavy atom. The van der Waals surface area contributed by atoms with Crippen LogP contribution in [0.5, 0.6) is 5.75 Å². The van der Waals surface area contributed by atoms with Crippen molar-refractivity contribution in [1.29, 1.82) is 0 Å². The lowest BCUT2D eigenvalue weighted by Crippen LogP contribution is -2.26. The topological polar surface area (TPSA) is 55.4 Å². The second-order valence-electron chi connectivity index (χ2n) is 4.55. The van der Waals surface area contributed by atoms with E-state index < -0.39 is 9.84 Å². The van der Waals surface area contributed by atoms with Gasteiger partial charge in [0.05, 0.1) is 5.75 Å².